The number of sulfonamides is 1. The van der Waals surface area contributed by atoms with Crippen molar-refractivity contribution < 1.29 is 22.7 Å². The molecule has 1 aliphatic carbocycles. The molecule has 3 aliphatic rings. The van der Waals surface area contributed by atoms with Crippen LogP contribution in [0.25, 0.3) is 0 Å². The van der Waals surface area contributed by atoms with E-state index in [1.54, 1.807) is 37.4 Å². The molecule has 0 bridgehead atoms. The molecule has 3 atom stereocenters. The van der Waals surface area contributed by atoms with E-state index >= 15 is 0 Å². The molecule has 2 aromatic rings. The highest BCUT2D eigenvalue weighted by molar-refractivity contribution is 7.89. The SMILES string of the molecule is COc1cc(C)c(S(=O)(=O)N2CCn3cccc3C2COCC(=O)N(C)[C@H]2CCC[C@@H](N3CCN(C(C)C)CC3)C2)c(C)c1. The number of hydrogen-bond donors (Lipinski definition) is 0. The first kappa shape index (κ1) is 32.9. The number of piperazine rings is 1. The number of fused-ring (bicyclic) bond motifs is 1. The van der Waals surface area contributed by atoms with E-state index in [1.807, 2.05) is 30.3 Å². The van der Waals surface area contributed by atoms with Gasteiger partial charge in [0.1, 0.15) is 12.4 Å². The van der Waals surface area contributed by atoms with Gasteiger partial charge in [0.05, 0.1) is 24.7 Å². The summed E-state index contributed by atoms with van der Waals surface area (Å²) in [6.45, 7) is 13.4. The maximum Gasteiger partial charge on any atom is 0.248 e. The van der Waals surface area contributed by atoms with Crippen LogP contribution in [0, 0.1) is 13.8 Å². The first-order chi connectivity index (χ1) is 21.0. The fourth-order valence-electron chi connectivity index (χ4n) is 7.46. The van der Waals surface area contributed by atoms with Crippen LogP contribution in [0.3, 0.4) is 0 Å². The third-order valence-corrected chi connectivity index (χ3v) is 12.2. The minimum atomic E-state index is -3.85. The van der Waals surface area contributed by atoms with E-state index in [1.165, 1.54) is 6.42 Å². The molecule has 1 aromatic carbocycles. The molecular weight excluding hydrogens is 578 g/mol. The highest BCUT2D eigenvalue weighted by Crippen LogP contribution is 2.35. The Morgan fingerprint density at radius 1 is 1.05 bits per heavy atom. The molecule has 0 N–H and O–H groups in total. The van der Waals surface area contributed by atoms with Crippen molar-refractivity contribution >= 4 is 15.9 Å². The van der Waals surface area contributed by atoms with Crippen LogP contribution < -0.4 is 4.74 Å². The topological polar surface area (TPSA) is 87.6 Å². The van der Waals surface area contributed by atoms with Crippen molar-refractivity contribution in [1.29, 1.82) is 0 Å². The normalized spacial score (nSPS) is 23.9. The van der Waals surface area contributed by atoms with Gasteiger partial charge >= 0.3 is 0 Å². The molecule has 2 aliphatic heterocycles. The van der Waals surface area contributed by atoms with Gasteiger partial charge < -0.3 is 18.9 Å². The average molecular weight is 630 g/mol. The highest BCUT2D eigenvalue weighted by Gasteiger charge is 2.39. The zero-order valence-corrected chi connectivity index (χ0v) is 28.2. The van der Waals surface area contributed by atoms with E-state index in [0.29, 0.717) is 46.9 Å². The third-order valence-electron chi connectivity index (χ3n) is 10.0. The zero-order valence-electron chi connectivity index (χ0n) is 27.4. The van der Waals surface area contributed by atoms with Crippen molar-refractivity contribution in [3.8, 4) is 5.75 Å². The van der Waals surface area contributed by atoms with Crippen LogP contribution in [-0.2, 0) is 26.1 Å². The number of carbonyl (C=O) groups excluding carboxylic acids is 1. The quantitative estimate of drug-likeness (QED) is 0.397. The number of aromatic nitrogens is 1. The predicted molar refractivity (Wildman–Crippen MR) is 171 cm³/mol. The number of carbonyl (C=O) groups is 1. The molecule has 3 heterocycles. The van der Waals surface area contributed by atoms with E-state index in [0.717, 1.165) is 51.1 Å². The van der Waals surface area contributed by atoms with Crippen molar-refractivity contribution in [2.45, 2.75) is 89.0 Å². The Morgan fingerprint density at radius 2 is 1.75 bits per heavy atom. The lowest BCUT2D eigenvalue weighted by Gasteiger charge is -2.44. The second-order valence-corrected chi connectivity index (χ2v) is 14.8. The molecule has 0 radical (unpaired) electrons. The number of benzene rings is 1. The van der Waals surface area contributed by atoms with E-state index in [2.05, 4.69) is 28.2 Å². The summed E-state index contributed by atoms with van der Waals surface area (Å²) in [6.07, 6.45) is 6.28. The molecule has 10 nitrogen and oxygen atoms in total. The van der Waals surface area contributed by atoms with Gasteiger partial charge in [-0.2, -0.15) is 4.31 Å². The number of hydrogen-bond acceptors (Lipinski definition) is 7. The molecule has 2 fully saturated rings. The van der Waals surface area contributed by atoms with Gasteiger partial charge in [0.25, 0.3) is 0 Å². The lowest BCUT2D eigenvalue weighted by molar-refractivity contribution is -0.138. The Hall–Kier alpha value is -2.44. The van der Waals surface area contributed by atoms with Gasteiger partial charge in [-0.3, -0.25) is 14.6 Å². The van der Waals surface area contributed by atoms with Crippen molar-refractivity contribution in [3.05, 3.63) is 47.3 Å². The monoisotopic (exact) mass is 629 g/mol. The second kappa shape index (κ2) is 13.9. The van der Waals surface area contributed by atoms with Crippen LogP contribution >= 0.6 is 0 Å². The van der Waals surface area contributed by atoms with Crippen molar-refractivity contribution in [1.82, 2.24) is 23.6 Å². The van der Waals surface area contributed by atoms with Gasteiger partial charge in [0.2, 0.25) is 15.9 Å². The molecular formula is C33H51N5O5S. The predicted octanol–water partition coefficient (Wildman–Crippen LogP) is 3.67. The Kier molecular flexibility index (Phi) is 10.4. The Balaban J connectivity index is 1.22. The first-order valence-corrected chi connectivity index (χ1v) is 17.6. The van der Waals surface area contributed by atoms with Gasteiger partial charge in [-0.1, -0.05) is 0 Å². The Morgan fingerprint density at radius 3 is 2.41 bits per heavy atom. The van der Waals surface area contributed by atoms with Crippen molar-refractivity contribution in [2.75, 3.05) is 60.1 Å². The summed E-state index contributed by atoms with van der Waals surface area (Å²) < 4.78 is 43.3. The number of amides is 1. The largest absolute Gasteiger partial charge is 0.497 e. The molecule has 44 heavy (non-hydrogen) atoms. The van der Waals surface area contributed by atoms with Gasteiger partial charge in [0, 0.05) is 76.3 Å². The van der Waals surface area contributed by atoms with Gasteiger partial charge in [0.15, 0.2) is 0 Å². The van der Waals surface area contributed by atoms with Crippen LogP contribution in [-0.4, -0.2) is 116 Å². The maximum atomic E-state index is 14.1. The van der Waals surface area contributed by atoms with Gasteiger partial charge in [-0.05, 0) is 88.8 Å². The number of likely N-dealkylation sites (N-methyl/N-ethyl adjacent to an activating group) is 1. The van der Waals surface area contributed by atoms with Gasteiger partial charge in [-0.25, -0.2) is 8.42 Å². The van der Waals surface area contributed by atoms with Gasteiger partial charge in [-0.15, -0.1) is 0 Å². The number of rotatable bonds is 10. The second-order valence-electron chi connectivity index (χ2n) is 13.0. The van der Waals surface area contributed by atoms with Crippen molar-refractivity contribution in [2.24, 2.45) is 0 Å². The van der Waals surface area contributed by atoms with E-state index in [-0.39, 0.29) is 25.2 Å². The molecule has 1 unspecified atom stereocenters. The number of methoxy groups -OCH3 is 1. The molecule has 1 saturated heterocycles. The van der Waals surface area contributed by atoms with Crippen LogP contribution in [0.4, 0.5) is 0 Å². The molecule has 1 saturated carbocycles. The number of nitrogens with zero attached hydrogens (tertiary/aromatic N) is 5. The summed E-state index contributed by atoms with van der Waals surface area (Å²) >= 11 is 0. The molecule has 5 rings (SSSR count). The molecule has 244 valence electrons. The van der Waals surface area contributed by atoms with Crippen LogP contribution in [0.1, 0.15) is 62.4 Å². The first-order valence-electron chi connectivity index (χ1n) is 16.1. The van der Waals surface area contributed by atoms with Crippen molar-refractivity contribution in [3.63, 3.8) is 0 Å². The highest BCUT2D eigenvalue weighted by atomic mass is 32.2. The zero-order chi connectivity index (χ0) is 31.6. The molecule has 1 amide bonds. The Labute approximate surface area is 263 Å². The summed E-state index contributed by atoms with van der Waals surface area (Å²) in [6, 6.07) is 8.15. The van der Waals surface area contributed by atoms with Crippen LogP contribution in [0.5, 0.6) is 5.75 Å². The average Bonchev–Trinajstić information content (AvgIpc) is 3.49. The summed E-state index contributed by atoms with van der Waals surface area (Å²) in [5, 5.41) is 0. The van der Waals surface area contributed by atoms with Crippen LogP contribution in [0.2, 0.25) is 0 Å². The summed E-state index contributed by atoms with van der Waals surface area (Å²) in [5.74, 6) is 0.578. The summed E-state index contributed by atoms with van der Waals surface area (Å²) in [5.41, 5.74) is 2.16. The third kappa shape index (κ3) is 6.87. The molecule has 0 spiro atoms. The lowest BCUT2D eigenvalue weighted by Crippen LogP contribution is -2.54. The fourth-order valence-corrected chi connectivity index (χ4v) is 9.45. The minimum Gasteiger partial charge on any atom is -0.497 e. The smallest absolute Gasteiger partial charge is 0.248 e. The number of ether oxygens (including phenoxy) is 2. The standard InChI is InChI=1S/C33H51N5O5S/c1-24(2)35-13-15-36(16-14-35)28-10-7-9-27(21-28)34(5)32(39)23-43-22-31-30-11-8-12-37(30)17-18-38(31)44(40,41)33-25(3)19-29(42-6)20-26(33)4/h8,11-12,19-20,24,27-28,31H,7,9-10,13-18,21-23H2,1-6H3/t27-,28+,31?/m0/s1. The van der Waals surface area contributed by atoms with E-state index in [4.69, 9.17) is 9.47 Å². The number of aryl methyl sites for hydroxylation is 2. The lowest BCUT2D eigenvalue weighted by atomic mass is 9.88. The molecule has 11 heteroatoms. The minimum absolute atomic E-state index is 0.0530. The van der Waals surface area contributed by atoms with E-state index < -0.39 is 16.1 Å². The summed E-state index contributed by atoms with van der Waals surface area (Å²) in [7, 11) is -0.372. The fraction of sp³-hybridized carbons (Fsp3) is 0.667. The Bertz CT molecular complexity index is 1380. The molecule has 1 aromatic heterocycles. The van der Waals surface area contributed by atoms with E-state index in [9.17, 15) is 13.2 Å². The summed E-state index contributed by atoms with van der Waals surface area (Å²) in [4.78, 5) is 20.7. The maximum absolute atomic E-state index is 14.1. The van der Waals surface area contributed by atoms with Crippen LogP contribution in [0.15, 0.2) is 35.4 Å².